The molecular weight excluding hydrogens is 280 g/mol. The molecule has 0 aliphatic carbocycles. The molecule has 0 amide bonds. The summed E-state index contributed by atoms with van der Waals surface area (Å²) < 4.78 is 4.60. The Hall–Kier alpha value is -0.0500. The number of esters is 1. The first-order chi connectivity index (χ1) is 8.20. The van der Waals surface area contributed by atoms with Crippen LogP contribution < -0.4 is 0 Å². The predicted molar refractivity (Wildman–Crippen MR) is 76.6 cm³/mol. The van der Waals surface area contributed by atoms with Crippen LogP contribution in [-0.2, 0) is 9.53 Å². The van der Waals surface area contributed by atoms with Gasteiger partial charge in [0.1, 0.15) is 0 Å². The van der Waals surface area contributed by atoms with Crippen LogP contribution in [0.5, 0.6) is 0 Å². The number of hydrogen-bond donors (Lipinski definition) is 0. The van der Waals surface area contributed by atoms with Gasteiger partial charge in [-0.25, -0.2) is 0 Å². The first-order valence-corrected chi connectivity index (χ1v) is 7.83. The van der Waals surface area contributed by atoms with Crippen molar-refractivity contribution < 1.29 is 9.53 Å². The molecule has 0 aliphatic rings. The molecule has 0 bridgehead atoms. The Balaban J connectivity index is 3.15. The summed E-state index contributed by atoms with van der Waals surface area (Å²) >= 11 is 3.73. The Labute approximate surface area is 115 Å². The molecule has 0 radical (unpaired) electrons. The molecule has 0 heterocycles. The molecule has 0 saturated heterocycles. The van der Waals surface area contributed by atoms with Crippen molar-refractivity contribution in [3.8, 4) is 0 Å². The molecule has 1 atom stereocenters. The van der Waals surface area contributed by atoms with E-state index in [9.17, 15) is 4.79 Å². The van der Waals surface area contributed by atoms with Crippen LogP contribution in [0, 0.1) is 0 Å². The van der Waals surface area contributed by atoms with Crippen LogP contribution in [0.15, 0.2) is 0 Å². The number of unbranched alkanes of at least 4 members (excludes halogenated alkanes) is 5. The average Bonchev–Trinajstić information content (AvgIpc) is 2.34. The quantitative estimate of drug-likeness (QED) is 0.310. The fraction of sp³-hybridized carbons (Fsp3) is 0.929. The van der Waals surface area contributed by atoms with Crippen LogP contribution in [-0.4, -0.2) is 17.9 Å². The SMILES string of the molecule is CCCCC(Br)CCCCCCCC(=O)OC. The van der Waals surface area contributed by atoms with Gasteiger partial charge in [0.15, 0.2) is 0 Å². The van der Waals surface area contributed by atoms with Crippen molar-refractivity contribution in [3.63, 3.8) is 0 Å². The van der Waals surface area contributed by atoms with E-state index in [1.54, 1.807) is 0 Å². The molecule has 0 aliphatic heterocycles. The number of carbonyl (C=O) groups excluding carboxylic acids is 1. The summed E-state index contributed by atoms with van der Waals surface area (Å²) in [5.41, 5.74) is 0. The number of alkyl halides is 1. The fourth-order valence-electron chi connectivity index (χ4n) is 1.84. The average molecular weight is 307 g/mol. The van der Waals surface area contributed by atoms with E-state index in [-0.39, 0.29) is 5.97 Å². The molecule has 0 aromatic heterocycles. The monoisotopic (exact) mass is 306 g/mol. The van der Waals surface area contributed by atoms with Crippen molar-refractivity contribution in [2.45, 2.75) is 76.0 Å². The standard InChI is InChI=1S/C14H27BrO2/c1-3-4-10-13(15)11-8-6-5-7-9-12-14(16)17-2/h13H,3-12H2,1-2H3. The van der Waals surface area contributed by atoms with Crippen LogP contribution >= 0.6 is 15.9 Å². The Morgan fingerprint density at radius 2 is 1.65 bits per heavy atom. The normalized spacial score (nSPS) is 12.4. The van der Waals surface area contributed by atoms with E-state index >= 15 is 0 Å². The third-order valence-corrected chi connectivity index (χ3v) is 3.91. The summed E-state index contributed by atoms with van der Waals surface area (Å²) in [6, 6.07) is 0. The zero-order chi connectivity index (χ0) is 12.9. The maximum Gasteiger partial charge on any atom is 0.305 e. The number of halogens is 1. The van der Waals surface area contributed by atoms with Crippen LogP contribution in [0.2, 0.25) is 0 Å². The van der Waals surface area contributed by atoms with Crippen LogP contribution in [0.3, 0.4) is 0 Å². The van der Waals surface area contributed by atoms with Crippen molar-refractivity contribution in [1.82, 2.24) is 0 Å². The van der Waals surface area contributed by atoms with Crippen LogP contribution in [0.25, 0.3) is 0 Å². The van der Waals surface area contributed by atoms with Crippen molar-refractivity contribution >= 4 is 21.9 Å². The summed E-state index contributed by atoms with van der Waals surface area (Å²) in [6.45, 7) is 2.24. The third kappa shape index (κ3) is 12.2. The second-order valence-electron chi connectivity index (χ2n) is 4.62. The fourth-order valence-corrected chi connectivity index (χ4v) is 2.48. The van der Waals surface area contributed by atoms with E-state index in [0.717, 1.165) is 12.8 Å². The van der Waals surface area contributed by atoms with Crippen molar-refractivity contribution in [2.75, 3.05) is 7.11 Å². The highest BCUT2D eigenvalue weighted by molar-refractivity contribution is 9.09. The molecule has 0 rings (SSSR count). The Kier molecular flexibility index (Phi) is 12.4. The lowest BCUT2D eigenvalue weighted by Crippen LogP contribution is -1.99. The Morgan fingerprint density at radius 3 is 2.29 bits per heavy atom. The maximum absolute atomic E-state index is 10.9. The van der Waals surface area contributed by atoms with Crippen LogP contribution in [0.4, 0.5) is 0 Å². The smallest absolute Gasteiger partial charge is 0.305 e. The maximum atomic E-state index is 10.9. The highest BCUT2D eigenvalue weighted by Crippen LogP contribution is 2.18. The Bertz CT molecular complexity index is 183. The zero-order valence-electron chi connectivity index (χ0n) is 11.3. The van der Waals surface area contributed by atoms with E-state index in [1.807, 2.05) is 0 Å². The van der Waals surface area contributed by atoms with E-state index in [4.69, 9.17) is 0 Å². The number of ether oxygens (including phenoxy) is 1. The molecular formula is C14H27BrO2. The predicted octanol–water partition coefficient (Wildman–Crippen LogP) is 4.84. The van der Waals surface area contributed by atoms with Gasteiger partial charge in [0, 0.05) is 11.2 Å². The minimum Gasteiger partial charge on any atom is -0.469 e. The van der Waals surface area contributed by atoms with Gasteiger partial charge in [-0.2, -0.15) is 0 Å². The van der Waals surface area contributed by atoms with Gasteiger partial charge in [0.05, 0.1) is 7.11 Å². The summed E-state index contributed by atoms with van der Waals surface area (Å²) in [5.74, 6) is -0.0786. The van der Waals surface area contributed by atoms with E-state index in [0.29, 0.717) is 11.2 Å². The molecule has 3 heteroatoms. The lowest BCUT2D eigenvalue weighted by atomic mass is 10.1. The number of methoxy groups -OCH3 is 1. The molecule has 17 heavy (non-hydrogen) atoms. The molecule has 0 N–H and O–H groups in total. The van der Waals surface area contributed by atoms with Gasteiger partial charge in [0.2, 0.25) is 0 Å². The number of carbonyl (C=O) groups is 1. The van der Waals surface area contributed by atoms with Gasteiger partial charge >= 0.3 is 5.97 Å². The highest BCUT2D eigenvalue weighted by atomic mass is 79.9. The van der Waals surface area contributed by atoms with E-state index in [2.05, 4.69) is 27.6 Å². The zero-order valence-corrected chi connectivity index (χ0v) is 12.9. The first kappa shape index (κ1) is 16.9. The number of hydrogen-bond acceptors (Lipinski definition) is 2. The summed E-state index contributed by atoms with van der Waals surface area (Å²) in [6.07, 6.45) is 11.7. The van der Waals surface area contributed by atoms with Gasteiger partial charge in [-0.3, -0.25) is 4.79 Å². The van der Waals surface area contributed by atoms with Gasteiger partial charge in [-0.05, 0) is 19.3 Å². The highest BCUT2D eigenvalue weighted by Gasteiger charge is 2.03. The second-order valence-corrected chi connectivity index (χ2v) is 5.92. The van der Waals surface area contributed by atoms with Crippen LogP contribution in [0.1, 0.15) is 71.1 Å². The molecule has 0 spiro atoms. The van der Waals surface area contributed by atoms with Crippen molar-refractivity contribution in [3.05, 3.63) is 0 Å². The van der Waals surface area contributed by atoms with Gasteiger partial charge in [0.25, 0.3) is 0 Å². The molecule has 0 fully saturated rings. The van der Waals surface area contributed by atoms with E-state index in [1.165, 1.54) is 52.1 Å². The second kappa shape index (κ2) is 12.4. The van der Waals surface area contributed by atoms with E-state index < -0.39 is 0 Å². The molecule has 2 nitrogen and oxygen atoms in total. The molecule has 102 valence electrons. The lowest BCUT2D eigenvalue weighted by molar-refractivity contribution is -0.140. The molecule has 1 unspecified atom stereocenters. The first-order valence-electron chi connectivity index (χ1n) is 6.91. The van der Waals surface area contributed by atoms with Crippen molar-refractivity contribution in [1.29, 1.82) is 0 Å². The summed E-state index contributed by atoms with van der Waals surface area (Å²) in [5, 5.41) is 0. The summed E-state index contributed by atoms with van der Waals surface area (Å²) in [4.78, 5) is 11.6. The molecule has 0 aromatic carbocycles. The Morgan fingerprint density at radius 1 is 1.06 bits per heavy atom. The number of rotatable bonds is 11. The topological polar surface area (TPSA) is 26.3 Å². The van der Waals surface area contributed by atoms with Gasteiger partial charge in [-0.1, -0.05) is 61.4 Å². The third-order valence-electron chi connectivity index (χ3n) is 3.00. The lowest BCUT2D eigenvalue weighted by Gasteiger charge is -2.08. The largest absolute Gasteiger partial charge is 0.469 e. The minimum atomic E-state index is -0.0786. The minimum absolute atomic E-state index is 0.0786. The van der Waals surface area contributed by atoms with Crippen molar-refractivity contribution in [2.24, 2.45) is 0 Å². The molecule has 0 aromatic rings. The van der Waals surface area contributed by atoms with Gasteiger partial charge in [-0.15, -0.1) is 0 Å². The summed E-state index contributed by atoms with van der Waals surface area (Å²) in [7, 11) is 1.45. The molecule has 0 saturated carbocycles. The van der Waals surface area contributed by atoms with Gasteiger partial charge < -0.3 is 4.74 Å².